The maximum atomic E-state index is 11.4. The van der Waals surface area contributed by atoms with E-state index in [1.165, 1.54) is 0 Å². The highest BCUT2D eigenvalue weighted by atomic mass is 16.5. The van der Waals surface area contributed by atoms with Gasteiger partial charge in [0.25, 0.3) is 0 Å². The van der Waals surface area contributed by atoms with E-state index in [1.807, 2.05) is 0 Å². The minimum Gasteiger partial charge on any atom is -0.465 e. The van der Waals surface area contributed by atoms with Crippen molar-refractivity contribution in [2.75, 3.05) is 13.2 Å². The number of nitrogens with zero attached hydrogens (tertiary/aromatic N) is 1. The van der Waals surface area contributed by atoms with Gasteiger partial charge in [-0.2, -0.15) is 0 Å². The summed E-state index contributed by atoms with van der Waals surface area (Å²) in [4.78, 5) is 26.2. The molecule has 0 atom stereocenters. The molecule has 0 bridgehead atoms. The lowest BCUT2D eigenvalue weighted by Gasteiger charge is -2.04. The van der Waals surface area contributed by atoms with Crippen LogP contribution in [0.2, 0.25) is 0 Å². The van der Waals surface area contributed by atoms with Crippen molar-refractivity contribution in [3.05, 3.63) is 30.1 Å². The lowest BCUT2D eigenvalue weighted by atomic mass is 10.2. The lowest BCUT2D eigenvalue weighted by Crippen LogP contribution is -2.31. The first-order valence-corrected chi connectivity index (χ1v) is 5.03. The number of rotatable bonds is 5. The summed E-state index contributed by atoms with van der Waals surface area (Å²) in [6.07, 6.45) is 3.47. The molecule has 0 saturated heterocycles. The van der Waals surface area contributed by atoms with Gasteiger partial charge in [0.15, 0.2) is 0 Å². The molecule has 0 radical (unpaired) electrons. The zero-order valence-electron chi connectivity index (χ0n) is 9.10. The largest absolute Gasteiger partial charge is 0.465 e. The first-order chi connectivity index (χ1) is 7.72. The molecular formula is C11H14N2O3. The van der Waals surface area contributed by atoms with Crippen molar-refractivity contribution in [1.29, 1.82) is 0 Å². The fourth-order valence-corrected chi connectivity index (χ4v) is 1.13. The number of ether oxygens (including phenoxy) is 1. The summed E-state index contributed by atoms with van der Waals surface area (Å²) in [5, 5.41) is 2.47. The predicted molar refractivity (Wildman–Crippen MR) is 57.6 cm³/mol. The van der Waals surface area contributed by atoms with Gasteiger partial charge in [-0.1, -0.05) is 6.07 Å². The van der Waals surface area contributed by atoms with Gasteiger partial charge in [-0.25, -0.2) is 0 Å². The SMILES string of the molecule is CCOC(=O)CNC(=O)Cc1cccnc1. The second kappa shape index (κ2) is 6.55. The number of carbonyl (C=O) groups excluding carboxylic acids is 2. The molecule has 0 fully saturated rings. The molecule has 0 unspecified atom stereocenters. The van der Waals surface area contributed by atoms with E-state index in [2.05, 4.69) is 15.0 Å². The first-order valence-electron chi connectivity index (χ1n) is 5.03. The second-order valence-corrected chi connectivity index (χ2v) is 3.12. The first kappa shape index (κ1) is 12.2. The summed E-state index contributed by atoms with van der Waals surface area (Å²) in [6, 6.07) is 3.56. The average Bonchev–Trinajstić information content (AvgIpc) is 2.28. The van der Waals surface area contributed by atoms with Crippen LogP contribution in [0.4, 0.5) is 0 Å². The van der Waals surface area contributed by atoms with Gasteiger partial charge in [0.1, 0.15) is 6.54 Å². The Morgan fingerprint density at radius 2 is 2.31 bits per heavy atom. The smallest absolute Gasteiger partial charge is 0.325 e. The van der Waals surface area contributed by atoms with E-state index < -0.39 is 5.97 Å². The number of esters is 1. The number of aromatic nitrogens is 1. The zero-order valence-corrected chi connectivity index (χ0v) is 9.10. The highest BCUT2D eigenvalue weighted by molar-refractivity contribution is 5.83. The van der Waals surface area contributed by atoms with Gasteiger partial charge in [-0.05, 0) is 18.6 Å². The molecule has 86 valence electrons. The molecule has 1 rings (SSSR count). The predicted octanol–water partition coefficient (Wildman–Crippen LogP) is 0.303. The summed E-state index contributed by atoms with van der Waals surface area (Å²) in [7, 11) is 0. The molecule has 0 saturated carbocycles. The van der Waals surface area contributed by atoms with Crippen LogP contribution in [0.5, 0.6) is 0 Å². The average molecular weight is 222 g/mol. The van der Waals surface area contributed by atoms with E-state index in [4.69, 9.17) is 0 Å². The highest BCUT2D eigenvalue weighted by Crippen LogP contribution is 1.96. The van der Waals surface area contributed by atoms with Crippen LogP contribution in [0.3, 0.4) is 0 Å². The van der Waals surface area contributed by atoms with Crippen LogP contribution in [0.15, 0.2) is 24.5 Å². The van der Waals surface area contributed by atoms with Gasteiger partial charge in [-0.15, -0.1) is 0 Å². The lowest BCUT2D eigenvalue weighted by molar-refractivity contribution is -0.143. The number of hydrogen-bond acceptors (Lipinski definition) is 4. The minimum absolute atomic E-state index is 0.0903. The standard InChI is InChI=1S/C11H14N2O3/c1-2-16-11(15)8-13-10(14)6-9-4-3-5-12-7-9/h3-5,7H,2,6,8H2,1H3,(H,13,14). The van der Waals surface area contributed by atoms with Crippen molar-refractivity contribution in [1.82, 2.24) is 10.3 Å². The van der Waals surface area contributed by atoms with E-state index in [-0.39, 0.29) is 18.9 Å². The molecule has 0 aliphatic heterocycles. The monoisotopic (exact) mass is 222 g/mol. The summed E-state index contributed by atoms with van der Waals surface area (Å²) >= 11 is 0. The Hall–Kier alpha value is -1.91. The number of pyridine rings is 1. The Morgan fingerprint density at radius 1 is 1.50 bits per heavy atom. The molecule has 0 aliphatic carbocycles. The van der Waals surface area contributed by atoms with Crippen LogP contribution in [-0.2, 0) is 20.7 Å². The summed E-state index contributed by atoms with van der Waals surface area (Å²) < 4.78 is 4.68. The maximum absolute atomic E-state index is 11.4. The topological polar surface area (TPSA) is 68.3 Å². The Kier molecular flexibility index (Phi) is 4.98. The van der Waals surface area contributed by atoms with Crippen LogP contribution >= 0.6 is 0 Å². The molecule has 5 nitrogen and oxygen atoms in total. The zero-order chi connectivity index (χ0) is 11.8. The van der Waals surface area contributed by atoms with E-state index >= 15 is 0 Å². The molecule has 0 aliphatic rings. The third-order valence-corrected chi connectivity index (χ3v) is 1.82. The van der Waals surface area contributed by atoms with E-state index in [0.29, 0.717) is 6.61 Å². The minimum atomic E-state index is -0.429. The van der Waals surface area contributed by atoms with E-state index in [9.17, 15) is 9.59 Å². The van der Waals surface area contributed by atoms with E-state index in [0.717, 1.165) is 5.56 Å². The Labute approximate surface area is 93.8 Å². The Bertz CT molecular complexity index is 352. The van der Waals surface area contributed by atoms with Crippen molar-refractivity contribution in [3.63, 3.8) is 0 Å². The summed E-state index contributed by atoms with van der Waals surface area (Å²) in [5.41, 5.74) is 0.809. The second-order valence-electron chi connectivity index (χ2n) is 3.12. The van der Waals surface area contributed by atoms with Gasteiger partial charge in [0, 0.05) is 12.4 Å². The van der Waals surface area contributed by atoms with Crippen LogP contribution in [0.25, 0.3) is 0 Å². The number of amides is 1. The number of nitrogens with one attached hydrogen (secondary N) is 1. The normalized spacial score (nSPS) is 9.56. The van der Waals surface area contributed by atoms with Crippen LogP contribution in [0, 0.1) is 0 Å². The van der Waals surface area contributed by atoms with Gasteiger partial charge >= 0.3 is 5.97 Å². The molecule has 16 heavy (non-hydrogen) atoms. The molecule has 1 aromatic rings. The molecule has 1 heterocycles. The Morgan fingerprint density at radius 3 is 2.94 bits per heavy atom. The van der Waals surface area contributed by atoms with Crippen LogP contribution < -0.4 is 5.32 Å². The fourth-order valence-electron chi connectivity index (χ4n) is 1.13. The van der Waals surface area contributed by atoms with Crippen LogP contribution in [0.1, 0.15) is 12.5 Å². The van der Waals surface area contributed by atoms with Crippen molar-refractivity contribution >= 4 is 11.9 Å². The van der Waals surface area contributed by atoms with Crippen molar-refractivity contribution in [2.24, 2.45) is 0 Å². The third-order valence-electron chi connectivity index (χ3n) is 1.82. The summed E-state index contributed by atoms with van der Waals surface area (Å²) in [6.45, 7) is 1.94. The maximum Gasteiger partial charge on any atom is 0.325 e. The molecule has 1 amide bonds. The van der Waals surface area contributed by atoms with Gasteiger partial charge < -0.3 is 10.1 Å². The molecule has 1 aromatic heterocycles. The molecule has 5 heteroatoms. The quantitative estimate of drug-likeness (QED) is 0.728. The van der Waals surface area contributed by atoms with Crippen molar-refractivity contribution in [2.45, 2.75) is 13.3 Å². The number of carbonyl (C=O) groups is 2. The van der Waals surface area contributed by atoms with Gasteiger partial charge in [0.05, 0.1) is 13.0 Å². The van der Waals surface area contributed by atoms with E-state index in [1.54, 1.807) is 31.5 Å². The Balaban J connectivity index is 2.29. The van der Waals surface area contributed by atoms with Crippen molar-refractivity contribution in [3.8, 4) is 0 Å². The number of hydrogen-bond donors (Lipinski definition) is 1. The molecule has 0 spiro atoms. The molecule has 0 aromatic carbocycles. The van der Waals surface area contributed by atoms with Crippen LogP contribution in [-0.4, -0.2) is 30.0 Å². The molecule has 1 N–H and O–H groups in total. The third kappa shape index (κ3) is 4.54. The molecular weight excluding hydrogens is 208 g/mol. The van der Waals surface area contributed by atoms with Gasteiger partial charge in [0.2, 0.25) is 5.91 Å². The highest BCUT2D eigenvalue weighted by Gasteiger charge is 2.06. The van der Waals surface area contributed by atoms with Gasteiger partial charge in [-0.3, -0.25) is 14.6 Å². The fraction of sp³-hybridized carbons (Fsp3) is 0.364. The van der Waals surface area contributed by atoms with Crippen molar-refractivity contribution < 1.29 is 14.3 Å². The summed E-state index contributed by atoms with van der Waals surface area (Å²) in [5.74, 6) is -0.650.